The molecule has 1 aromatic heterocycles. The van der Waals surface area contributed by atoms with E-state index in [0.29, 0.717) is 75.5 Å². The maximum absolute atomic E-state index is 16.3. The second kappa shape index (κ2) is 17.1. The highest BCUT2D eigenvalue weighted by atomic mass is 19.3. The van der Waals surface area contributed by atoms with Gasteiger partial charge in [-0.2, -0.15) is 0 Å². The van der Waals surface area contributed by atoms with Crippen molar-refractivity contribution in [1.29, 1.82) is 0 Å². The summed E-state index contributed by atoms with van der Waals surface area (Å²) in [5.74, 6) is -1.73. The number of anilines is 1. The number of rotatable bonds is 8. The number of para-hydroxylation sites is 1. The number of imide groups is 1. The molecule has 5 aliphatic heterocycles. The summed E-state index contributed by atoms with van der Waals surface area (Å²) in [5.41, 5.74) is 6.79. The highest BCUT2D eigenvalue weighted by Gasteiger charge is 2.46. The van der Waals surface area contributed by atoms with Crippen molar-refractivity contribution in [3.63, 3.8) is 0 Å². The molecule has 5 aliphatic rings. The number of H-pyrrole nitrogens is 1. The highest BCUT2D eigenvalue weighted by molar-refractivity contribution is 5.99. The Morgan fingerprint density at radius 2 is 1.61 bits per heavy atom. The maximum Gasteiger partial charge on any atom is 0.251 e. The van der Waals surface area contributed by atoms with Crippen molar-refractivity contribution in [3.8, 4) is 0 Å². The number of hydrogen-bond acceptors (Lipinski definition) is 7. The molecule has 10 nitrogen and oxygen atoms in total. The van der Waals surface area contributed by atoms with Gasteiger partial charge in [0.05, 0.1) is 19.1 Å². The molecule has 14 heteroatoms. The average Bonchev–Trinajstić information content (AvgIpc) is 4.02. The van der Waals surface area contributed by atoms with E-state index < -0.39 is 30.6 Å². The quantitative estimate of drug-likeness (QED) is 0.106. The van der Waals surface area contributed by atoms with Crippen molar-refractivity contribution < 1.29 is 36.7 Å². The molecule has 6 heterocycles. The molecule has 0 radical (unpaired) electrons. The number of amides is 3. The number of Topliss-reactive ketones (excluding diaryl/α,β-unsaturated/α-hetero) is 1. The molecule has 1 spiro atoms. The van der Waals surface area contributed by atoms with Gasteiger partial charge in [-0.25, -0.2) is 17.6 Å². The number of likely N-dealkylation sites (tertiary alicyclic amines) is 1. The Bertz CT molecular complexity index is 2400. The first-order valence-electron chi connectivity index (χ1n) is 21.5. The molecule has 0 bridgehead atoms. The molecule has 9 rings (SSSR count). The van der Waals surface area contributed by atoms with E-state index in [4.69, 9.17) is 0 Å². The van der Waals surface area contributed by atoms with Gasteiger partial charge in [-0.05, 0) is 99.0 Å². The van der Waals surface area contributed by atoms with E-state index in [2.05, 4.69) is 21.8 Å². The van der Waals surface area contributed by atoms with Crippen molar-refractivity contribution in [2.75, 3.05) is 44.2 Å². The van der Waals surface area contributed by atoms with Gasteiger partial charge >= 0.3 is 0 Å². The Hall–Kier alpha value is -5.34. The van der Waals surface area contributed by atoms with Gasteiger partial charge in [-0.3, -0.25) is 34.3 Å². The van der Waals surface area contributed by atoms with E-state index in [1.165, 1.54) is 17.0 Å². The van der Waals surface area contributed by atoms with E-state index in [0.717, 1.165) is 51.6 Å². The zero-order valence-electron chi connectivity index (χ0n) is 35.8. The zero-order chi connectivity index (χ0) is 44.2. The van der Waals surface area contributed by atoms with Crippen LogP contribution in [0.3, 0.4) is 0 Å². The van der Waals surface area contributed by atoms with Gasteiger partial charge in [0.25, 0.3) is 6.43 Å². The van der Waals surface area contributed by atoms with Gasteiger partial charge < -0.3 is 14.8 Å². The lowest BCUT2D eigenvalue weighted by Gasteiger charge is -2.41. The van der Waals surface area contributed by atoms with Crippen LogP contribution in [0.25, 0.3) is 16.5 Å². The number of alkyl halides is 2. The fourth-order valence-corrected chi connectivity index (χ4v) is 10.3. The number of benzene rings is 3. The van der Waals surface area contributed by atoms with Gasteiger partial charge in [0, 0.05) is 96.5 Å². The summed E-state index contributed by atoms with van der Waals surface area (Å²) < 4.78 is 60.4. The molecule has 2 N–H and O–H groups in total. The second-order valence-electron chi connectivity index (χ2n) is 18.2. The number of carbonyl (C=O) groups is 4. The first-order valence-corrected chi connectivity index (χ1v) is 21.5. The molecule has 0 saturated carbocycles. The van der Waals surface area contributed by atoms with Crippen LogP contribution in [0.2, 0.25) is 0 Å². The third kappa shape index (κ3) is 8.43. The van der Waals surface area contributed by atoms with Crippen LogP contribution < -0.4 is 10.2 Å². The van der Waals surface area contributed by atoms with Gasteiger partial charge in [0.2, 0.25) is 17.7 Å². The van der Waals surface area contributed by atoms with Crippen molar-refractivity contribution in [3.05, 3.63) is 106 Å². The van der Waals surface area contributed by atoms with Crippen LogP contribution in [-0.2, 0) is 33.9 Å². The molecular weight excluding hydrogens is 801 g/mol. The lowest BCUT2D eigenvalue weighted by molar-refractivity contribution is -0.136. The Kier molecular flexibility index (Phi) is 11.9. The van der Waals surface area contributed by atoms with Crippen LogP contribution in [-0.4, -0.2) is 94.9 Å². The van der Waals surface area contributed by atoms with Crippen LogP contribution in [0.5, 0.6) is 0 Å². The lowest BCUT2D eigenvalue weighted by Crippen LogP contribution is -2.45. The number of piperidine rings is 1. The third-order valence-electron chi connectivity index (χ3n) is 13.6. The van der Waals surface area contributed by atoms with E-state index >= 15 is 8.78 Å². The topological polar surface area (TPSA) is 109 Å². The maximum atomic E-state index is 16.3. The molecule has 3 aromatic carbocycles. The number of nitrogens with zero attached hydrogens (tertiary/aromatic N) is 4. The summed E-state index contributed by atoms with van der Waals surface area (Å²) in [6.45, 7) is 14.4. The smallest absolute Gasteiger partial charge is 0.251 e. The van der Waals surface area contributed by atoms with E-state index in [-0.39, 0.29) is 53.0 Å². The fourth-order valence-electron chi connectivity index (χ4n) is 10.3. The minimum absolute atomic E-state index is 0.00553. The number of fused-ring (bicyclic) bond motifs is 4. The minimum Gasteiger partial charge on any atom is -0.371 e. The fraction of sp³-hybridized carbons (Fsp3) is 0.458. The highest BCUT2D eigenvalue weighted by Crippen LogP contribution is 2.45. The first kappa shape index (κ1) is 43.3. The number of nitrogens with one attached hydrogen (secondary N) is 2. The van der Waals surface area contributed by atoms with Crippen LogP contribution in [0, 0.1) is 23.0 Å². The summed E-state index contributed by atoms with van der Waals surface area (Å²) in [6, 6.07) is 12.9. The number of aromatic nitrogens is 1. The number of halogens is 4. The van der Waals surface area contributed by atoms with Crippen LogP contribution in [0.4, 0.5) is 23.2 Å². The second-order valence-corrected chi connectivity index (χ2v) is 18.2. The van der Waals surface area contributed by atoms with E-state index in [1.54, 1.807) is 6.92 Å². The predicted molar refractivity (Wildman–Crippen MR) is 230 cm³/mol. The SMILES string of the molecule is C=C(C)c1cc2c(cc1C(C)=O)CN(CC(=O)N1CCC3(CCN(c4cc(F)c(C5c6[nH]c7ccccc7c6C[C@@H](C)N5CC(F)F)c(F)c4)C3)C1)C2.CC1CCC(=O)NC1=O. The van der Waals surface area contributed by atoms with Crippen molar-refractivity contribution in [1.82, 2.24) is 25.0 Å². The van der Waals surface area contributed by atoms with E-state index in [9.17, 15) is 28.0 Å². The number of allylic oxidation sites excluding steroid dienone is 1. The molecule has 328 valence electrons. The van der Waals surface area contributed by atoms with Crippen LogP contribution in [0.15, 0.2) is 55.1 Å². The van der Waals surface area contributed by atoms with Crippen molar-refractivity contribution >= 4 is 45.7 Å². The summed E-state index contributed by atoms with van der Waals surface area (Å²) in [7, 11) is 0. The Balaban J connectivity index is 0.000000524. The molecule has 3 fully saturated rings. The number of ketones is 1. The van der Waals surface area contributed by atoms with E-state index in [1.807, 2.05) is 67.0 Å². The molecule has 3 unspecified atom stereocenters. The Labute approximate surface area is 359 Å². The molecule has 4 atom stereocenters. The van der Waals surface area contributed by atoms with Gasteiger partial charge in [-0.15, -0.1) is 0 Å². The molecule has 3 amide bonds. The monoisotopic (exact) mass is 854 g/mol. The molecular formula is C48H54F4N6O4. The third-order valence-corrected chi connectivity index (χ3v) is 13.6. The first-order chi connectivity index (χ1) is 29.5. The van der Waals surface area contributed by atoms with Crippen molar-refractivity contribution in [2.24, 2.45) is 11.3 Å². The van der Waals surface area contributed by atoms with Crippen molar-refractivity contribution in [2.45, 2.75) is 91.4 Å². The summed E-state index contributed by atoms with van der Waals surface area (Å²) >= 11 is 0. The molecule has 4 aromatic rings. The Morgan fingerprint density at radius 3 is 2.26 bits per heavy atom. The van der Waals surface area contributed by atoms with Gasteiger partial charge in [0.1, 0.15) is 11.6 Å². The van der Waals surface area contributed by atoms with Crippen LogP contribution >= 0.6 is 0 Å². The largest absolute Gasteiger partial charge is 0.371 e. The summed E-state index contributed by atoms with van der Waals surface area (Å²) in [6.07, 6.45) is 0.599. The van der Waals surface area contributed by atoms with Gasteiger partial charge in [0.15, 0.2) is 5.78 Å². The number of carbonyl (C=O) groups excluding carboxylic acids is 4. The minimum atomic E-state index is -2.67. The number of hydrogen-bond donors (Lipinski definition) is 2. The number of aromatic amines is 1. The van der Waals surface area contributed by atoms with Crippen LogP contribution in [0.1, 0.15) is 103 Å². The lowest BCUT2D eigenvalue weighted by atomic mass is 9.86. The summed E-state index contributed by atoms with van der Waals surface area (Å²) in [5, 5.41) is 3.19. The standard InChI is InChI=1S/C42H45F4N5O2.C6H9NO2/c1-24(2)31-14-27-18-48(19-28(27)15-32(31)26(4)52)21-38(53)50-12-10-42(23-50)9-11-49(22-42)29-16-34(43)39(35(44)17-29)41-40-33(13-25(3)51(41)20-37(45)46)30-7-5-6-8-36(30)47-40;1-4-2-3-5(8)7-6(4)9/h5-8,14-17,25,37,41,47H,1,9-13,18-23H2,2-4H3;4H,2-3H2,1H3,(H,7,8,9)/t25-,41?,42?;/m1./s1. The zero-order valence-corrected chi connectivity index (χ0v) is 35.8. The molecule has 3 saturated heterocycles. The van der Waals surface area contributed by atoms with Gasteiger partial charge in [-0.1, -0.05) is 37.3 Å². The Morgan fingerprint density at radius 1 is 0.935 bits per heavy atom. The normalized spacial score (nSPS) is 23.8. The molecule has 62 heavy (non-hydrogen) atoms. The predicted octanol–water partition coefficient (Wildman–Crippen LogP) is 7.79. The summed E-state index contributed by atoms with van der Waals surface area (Å²) in [4.78, 5) is 57.9. The molecule has 0 aliphatic carbocycles. The average molecular weight is 855 g/mol.